The van der Waals surface area contributed by atoms with Gasteiger partial charge in [0.2, 0.25) is 0 Å². The third-order valence-electron chi connectivity index (χ3n) is 3.02. The van der Waals surface area contributed by atoms with Crippen molar-refractivity contribution in [1.29, 1.82) is 0 Å². The molecular weight excluding hydrogens is 240 g/mol. The number of carbonyl (C=O) groups excluding carboxylic acids is 2. The van der Waals surface area contributed by atoms with Gasteiger partial charge in [0, 0.05) is 0 Å². The quantitative estimate of drug-likeness (QED) is 0.675. The lowest BCUT2D eigenvalue weighted by molar-refractivity contribution is -0.138. The van der Waals surface area contributed by atoms with Gasteiger partial charge in [-0.15, -0.1) is 0 Å². The van der Waals surface area contributed by atoms with E-state index in [1.165, 1.54) is 14.2 Å². The van der Waals surface area contributed by atoms with Crippen molar-refractivity contribution in [2.24, 2.45) is 0 Å². The van der Waals surface area contributed by atoms with Crippen molar-refractivity contribution < 1.29 is 28.5 Å². The Bertz CT molecular complexity index is 429. The first-order valence-electron chi connectivity index (χ1n) is 5.42. The van der Waals surface area contributed by atoms with E-state index in [9.17, 15) is 9.59 Å². The Hall–Kier alpha value is -1.98. The molecule has 0 aromatic heterocycles. The first kappa shape index (κ1) is 12.5. The number of fused-ring (bicyclic) bond motifs is 1. The third kappa shape index (κ3) is 1.64. The Morgan fingerprint density at radius 3 is 1.50 bits per heavy atom. The third-order valence-corrected chi connectivity index (χ3v) is 3.02. The number of methoxy groups -OCH3 is 2. The van der Waals surface area contributed by atoms with Crippen molar-refractivity contribution >= 4 is 11.9 Å². The standard InChI is InChI=1S/C12H14O6/c1-5-7(11(13)15-3)9-10(17-5)8(6(2)18-9)12(14)16-4/h9-10H,1-4H3/t9-,10-/m0/s1. The maximum Gasteiger partial charge on any atom is 0.341 e. The molecular formula is C12H14O6. The van der Waals surface area contributed by atoms with Gasteiger partial charge in [-0.05, 0) is 13.8 Å². The Morgan fingerprint density at radius 2 is 1.22 bits per heavy atom. The highest BCUT2D eigenvalue weighted by molar-refractivity contribution is 5.95. The lowest BCUT2D eigenvalue weighted by Gasteiger charge is -2.12. The summed E-state index contributed by atoms with van der Waals surface area (Å²) < 4.78 is 20.4. The number of allylic oxidation sites excluding steroid dienone is 2. The maximum absolute atomic E-state index is 11.6. The van der Waals surface area contributed by atoms with Gasteiger partial charge < -0.3 is 18.9 Å². The summed E-state index contributed by atoms with van der Waals surface area (Å²) in [4.78, 5) is 23.3. The van der Waals surface area contributed by atoms with Crippen LogP contribution in [0.15, 0.2) is 22.7 Å². The molecule has 0 amide bonds. The average molecular weight is 254 g/mol. The Balaban J connectivity index is 2.31. The zero-order valence-corrected chi connectivity index (χ0v) is 10.6. The smallest absolute Gasteiger partial charge is 0.341 e. The summed E-state index contributed by atoms with van der Waals surface area (Å²) in [5.74, 6) is -0.214. The number of hydrogen-bond acceptors (Lipinski definition) is 6. The van der Waals surface area contributed by atoms with Crippen LogP contribution in [0.1, 0.15) is 13.8 Å². The van der Waals surface area contributed by atoms with Crippen LogP contribution in [-0.2, 0) is 28.5 Å². The molecule has 98 valence electrons. The first-order chi connectivity index (χ1) is 8.51. The Morgan fingerprint density at radius 1 is 0.889 bits per heavy atom. The summed E-state index contributed by atoms with van der Waals surface area (Å²) in [6.07, 6.45) is -1.27. The molecule has 0 radical (unpaired) electrons. The number of rotatable bonds is 2. The van der Waals surface area contributed by atoms with Crippen LogP contribution in [0, 0.1) is 0 Å². The molecule has 0 aromatic rings. The zero-order valence-electron chi connectivity index (χ0n) is 10.6. The van der Waals surface area contributed by atoms with Crippen molar-refractivity contribution in [2.75, 3.05) is 14.2 Å². The van der Waals surface area contributed by atoms with E-state index in [0.717, 1.165) is 0 Å². The van der Waals surface area contributed by atoms with Gasteiger partial charge in [0.25, 0.3) is 0 Å². The molecule has 0 fully saturated rings. The SMILES string of the molecule is COC(=O)C1=C(C)O[C@H]2C(C(=O)OC)=C(C)O[C@@H]12. The molecule has 0 aliphatic carbocycles. The summed E-state index contributed by atoms with van der Waals surface area (Å²) in [5.41, 5.74) is 0.613. The van der Waals surface area contributed by atoms with Crippen molar-refractivity contribution in [3.63, 3.8) is 0 Å². The second-order valence-corrected chi connectivity index (χ2v) is 4.00. The van der Waals surface area contributed by atoms with E-state index in [1.807, 2.05) is 0 Å². The lowest BCUT2D eigenvalue weighted by Crippen LogP contribution is -2.28. The van der Waals surface area contributed by atoms with Gasteiger partial charge >= 0.3 is 11.9 Å². The molecule has 6 heteroatoms. The number of carbonyl (C=O) groups is 2. The fraction of sp³-hybridized carbons (Fsp3) is 0.500. The van der Waals surface area contributed by atoms with Gasteiger partial charge in [-0.3, -0.25) is 0 Å². The number of hydrogen-bond donors (Lipinski definition) is 0. The molecule has 2 atom stereocenters. The fourth-order valence-corrected chi connectivity index (χ4v) is 2.19. The monoisotopic (exact) mass is 254 g/mol. The predicted octanol–water partition coefficient (Wildman–Crippen LogP) is 0.678. The van der Waals surface area contributed by atoms with Gasteiger partial charge in [0.05, 0.1) is 14.2 Å². The zero-order chi connectivity index (χ0) is 13.4. The molecule has 18 heavy (non-hydrogen) atoms. The minimum absolute atomic E-state index is 0.306. The van der Waals surface area contributed by atoms with Crippen molar-refractivity contribution in [2.45, 2.75) is 26.1 Å². The average Bonchev–Trinajstić information content (AvgIpc) is 2.80. The van der Waals surface area contributed by atoms with E-state index in [-0.39, 0.29) is 0 Å². The van der Waals surface area contributed by atoms with Gasteiger partial charge in [0.1, 0.15) is 22.7 Å². The van der Waals surface area contributed by atoms with Gasteiger partial charge in [-0.2, -0.15) is 0 Å². The largest absolute Gasteiger partial charge is 0.485 e. The van der Waals surface area contributed by atoms with Crippen LogP contribution in [0.3, 0.4) is 0 Å². The van der Waals surface area contributed by atoms with Crippen LogP contribution in [0.4, 0.5) is 0 Å². The molecule has 0 saturated carbocycles. The molecule has 0 saturated heterocycles. The molecule has 0 N–H and O–H groups in total. The second kappa shape index (κ2) is 4.36. The minimum atomic E-state index is -0.633. The minimum Gasteiger partial charge on any atom is -0.485 e. The predicted molar refractivity (Wildman–Crippen MR) is 59.2 cm³/mol. The van der Waals surface area contributed by atoms with Gasteiger partial charge in [-0.25, -0.2) is 9.59 Å². The normalized spacial score (nSPS) is 25.6. The summed E-state index contributed by atoms with van der Waals surface area (Å²) in [7, 11) is 2.57. The van der Waals surface area contributed by atoms with Crippen LogP contribution in [0.5, 0.6) is 0 Å². The van der Waals surface area contributed by atoms with Crippen molar-refractivity contribution in [1.82, 2.24) is 0 Å². The van der Waals surface area contributed by atoms with Gasteiger partial charge in [-0.1, -0.05) is 0 Å². The summed E-state index contributed by atoms with van der Waals surface area (Å²) in [6, 6.07) is 0. The lowest BCUT2D eigenvalue weighted by atomic mass is 10.0. The number of ether oxygens (including phenoxy) is 4. The molecule has 0 bridgehead atoms. The molecule has 0 spiro atoms. The molecule has 0 unspecified atom stereocenters. The van der Waals surface area contributed by atoms with Crippen molar-refractivity contribution in [3.8, 4) is 0 Å². The van der Waals surface area contributed by atoms with E-state index in [2.05, 4.69) is 9.47 Å². The molecule has 2 aliphatic heterocycles. The van der Waals surface area contributed by atoms with Crippen LogP contribution in [0.2, 0.25) is 0 Å². The highest BCUT2D eigenvalue weighted by Gasteiger charge is 2.50. The van der Waals surface area contributed by atoms with Crippen LogP contribution in [-0.4, -0.2) is 38.4 Å². The van der Waals surface area contributed by atoms with E-state index in [1.54, 1.807) is 13.8 Å². The molecule has 0 aromatic carbocycles. The van der Waals surface area contributed by atoms with E-state index in [0.29, 0.717) is 22.7 Å². The Kier molecular flexibility index (Phi) is 3.02. The molecule has 6 nitrogen and oxygen atoms in total. The van der Waals surface area contributed by atoms with Crippen LogP contribution >= 0.6 is 0 Å². The first-order valence-corrected chi connectivity index (χ1v) is 5.42. The summed E-state index contributed by atoms with van der Waals surface area (Å²) in [5, 5.41) is 0. The van der Waals surface area contributed by atoms with E-state index < -0.39 is 24.1 Å². The topological polar surface area (TPSA) is 71.1 Å². The van der Waals surface area contributed by atoms with E-state index in [4.69, 9.17) is 9.47 Å². The molecule has 2 rings (SSSR count). The van der Waals surface area contributed by atoms with Crippen LogP contribution in [0.25, 0.3) is 0 Å². The summed E-state index contributed by atoms with van der Waals surface area (Å²) in [6.45, 7) is 3.27. The molecule has 2 aliphatic rings. The van der Waals surface area contributed by atoms with Crippen LogP contribution < -0.4 is 0 Å². The fourth-order valence-electron chi connectivity index (χ4n) is 2.19. The second-order valence-electron chi connectivity index (χ2n) is 4.00. The van der Waals surface area contributed by atoms with E-state index >= 15 is 0 Å². The number of esters is 2. The van der Waals surface area contributed by atoms with Gasteiger partial charge in [0.15, 0.2) is 12.2 Å². The van der Waals surface area contributed by atoms with Crippen molar-refractivity contribution in [3.05, 3.63) is 22.7 Å². The molecule has 2 heterocycles. The Labute approximate surface area is 104 Å². The maximum atomic E-state index is 11.6. The summed E-state index contributed by atoms with van der Waals surface area (Å²) >= 11 is 0. The highest BCUT2D eigenvalue weighted by atomic mass is 16.6. The highest BCUT2D eigenvalue weighted by Crippen LogP contribution is 2.40.